The number of carboxylic acids is 1. The van der Waals surface area contributed by atoms with E-state index in [0.29, 0.717) is 11.3 Å². The van der Waals surface area contributed by atoms with Gasteiger partial charge in [0.25, 0.3) is 0 Å². The van der Waals surface area contributed by atoms with E-state index in [1.54, 1.807) is 18.2 Å². The lowest BCUT2D eigenvalue weighted by atomic mass is 10.0. The standard InChI is InChI=1S/C15H20N2O3/c1-17(2)9-5-8-16-14-10-12(15(18)19)11-6-3-4-7-13(11)20-14/h3-4,6-7,10,14,16H,5,8-9H2,1-2H3,(H,18,19). The first kappa shape index (κ1) is 14.6. The van der Waals surface area contributed by atoms with Crippen LogP contribution in [-0.2, 0) is 4.79 Å². The van der Waals surface area contributed by atoms with Crippen LogP contribution < -0.4 is 10.1 Å². The van der Waals surface area contributed by atoms with Gasteiger partial charge in [-0.1, -0.05) is 18.2 Å². The Balaban J connectivity index is 2.03. The monoisotopic (exact) mass is 276 g/mol. The predicted octanol–water partition coefficient (Wildman–Crippen LogP) is 1.41. The van der Waals surface area contributed by atoms with Crippen LogP contribution in [-0.4, -0.2) is 49.4 Å². The van der Waals surface area contributed by atoms with Crippen molar-refractivity contribution in [3.8, 4) is 5.75 Å². The maximum absolute atomic E-state index is 11.3. The van der Waals surface area contributed by atoms with E-state index in [-0.39, 0.29) is 5.57 Å². The highest BCUT2D eigenvalue weighted by Crippen LogP contribution is 2.31. The summed E-state index contributed by atoms with van der Waals surface area (Å²) in [5, 5.41) is 12.5. The van der Waals surface area contributed by atoms with Crippen LogP contribution in [0.15, 0.2) is 30.3 Å². The molecule has 0 radical (unpaired) electrons. The molecule has 1 aliphatic rings. The Morgan fingerprint density at radius 1 is 1.40 bits per heavy atom. The highest BCUT2D eigenvalue weighted by Gasteiger charge is 2.23. The normalized spacial score (nSPS) is 17.4. The summed E-state index contributed by atoms with van der Waals surface area (Å²) in [7, 11) is 4.05. The summed E-state index contributed by atoms with van der Waals surface area (Å²) in [5.41, 5.74) is 0.920. The summed E-state index contributed by atoms with van der Waals surface area (Å²) >= 11 is 0. The second-order valence-corrected chi connectivity index (χ2v) is 5.03. The van der Waals surface area contributed by atoms with E-state index in [1.165, 1.54) is 0 Å². The summed E-state index contributed by atoms with van der Waals surface area (Å²) in [6.07, 6.45) is 2.21. The number of rotatable bonds is 6. The molecule has 0 aliphatic carbocycles. The maximum atomic E-state index is 11.3. The number of nitrogens with one attached hydrogen (secondary N) is 1. The van der Waals surface area contributed by atoms with E-state index in [1.807, 2.05) is 26.2 Å². The number of carboxylic acid groups (broad SMARTS) is 1. The molecule has 1 atom stereocenters. The molecule has 1 aromatic rings. The minimum absolute atomic E-state index is 0.289. The van der Waals surface area contributed by atoms with Crippen LogP contribution >= 0.6 is 0 Å². The van der Waals surface area contributed by atoms with Crippen LogP contribution in [0.5, 0.6) is 5.75 Å². The fourth-order valence-electron chi connectivity index (χ4n) is 2.13. The van der Waals surface area contributed by atoms with Crippen molar-refractivity contribution in [2.24, 2.45) is 0 Å². The molecule has 5 nitrogen and oxygen atoms in total. The zero-order valence-electron chi connectivity index (χ0n) is 11.8. The summed E-state index contributed by atoms with van der Waals surface area (Å²) < 4.78 is 5.75. The number of carbonyl (C=O) groups is 1. The maximum Gasteiger partial charge on any atom is 0.336 e. The molecule has 0 aromatic heterocycles. The molecule has 5 heteroatoms. The number of nitrogens with zero attached hydrogens (tertiary/aromatic N) is 1. The van der Waals surface area contributed by atoms with Crippen molar-refractivity contribution in [1.82, 2.24) is 10.2 Å². The van der Waals surface area contributed by atoms with E-state index in [4.69, 9.17) is 4.74 Å². The summed E-state index contributed by atoms with van der Waals surface area (Å²) in [6, 6.07) is 7.20. The minimum atomic E-state index is -0.930. The summed E-state index contributed by atoms with van der Waals surface area (Å²) in [5.74, 6) is -0.321. The van der Waals surface area contributed by atoms with Crippen molar-refractivity contribution in [3.63, 3.8) is 0 Å². The van der Waals surface area contributed by atoms with Crippen molar-refractivity contribution in [1.29, 1.82) is 0 Å². The van der Waals surface area contributed by atoms with E-state index < -0.39 is 12.2 Å². The molecule has 0 amide bonds. The Bertz CT molecular complexity index is 512. The lowest BCUT2D eigenvalue weighted by Gasteiger charge is -2.25. The van der Waals surface area contributed by atoms with Crippen molar-refractivity contribution in [3.05, 3.63) is 35.9 Å². The molecule has 0 spiro atoms. The van der Waals surface area contributed by atoms with Gasteiger partial charge in [0.1, 0.15) is 5.75 Å². The van der Waals surface area contributed by atoms with Gasteiger partial charge in [-0.05, 0) is 39.2 Å². The number of para-hydroxylation sites is 1. The predicted molar refractivity (Wildman–Crippen MR) is 77.6 cm³/mol. The lowest BCUT2D eigenvalue weighted by molar-refractivity contribution is -0.130. The number of aliphatic carboxylic acids is 1. The van der Waals surface area contributed by atoms with Gasteiger partial charge in [-0.3, -0.25) is 5.32 Å². The van der Waals surface area contributed by atoms with Gasteiger partial charge in [-0.25, -0.2) is 4.79 Å². The van der Waals surface area contributed by atoms with Crippen molar-refractivity contribution < 1.29 is 14.6 Å². The topological polar surface area (TPSA) is 61.8 Å². The summed E-state index contributed by atoms with van der Waals surface area (Å²) in [4.78, 5) is 13.4. The van der Waals surface area contributed by atoms with Crippen LogP contribution in [0.4, 0.5) is 0 Å². The number of ether oxygens (including phenoxy) is 1. The van der Waals surface area contributed by atoms with E-state index in [2.05, 4.69) is 10.2 Å². The SMILES string of the molecule is CN(C)CCCNC1C=C(C(=O)O)c2ccccc2O1. The average Bonchev–Trinajstić information content (AvgIpc) is 2.42. The number of fused-ring (bicyclic) bond motifs is 1. The third-order valence-electron chi connectivity index (χ3n) is 3.11. The fraction of sp³-hybridized carbons (Fsp3) is 0.400. The second-order valence-electron chi connectivity index (χ2n) is 5.03. The number of hydrogen-bond acceptors (Lipinski definition) is 4. The number of benzene rings is 1. The molecule has 1 aromatic carbocycles. The fourth-order valence-corrected chi connectivity index (χ4v) is 2.13. The highest BCUT2D eigenvalue weighted by molar-refractivity contribution is 6.16. The zero-order valence-corrected chi connectivity index (χ0v) is 11.8. The quantitative estimate of drug-likeness (QED) is 0.769. The van der Waals surface area contributed by atoms with E-state index in [9.17, 15) is 9.90 Å². The van der Waals surface area contributed by atoms with Gasteiger partial charge in [0.05, 0.1) is 5.57 Å². The molecule has 2 rings (SSSR count). The molecular formula is C15H20N2O3. The molecule has 2 N–H and O–H groups in total. The van der Waals surface area contributed by atoms with Gasteiger partial charge in [-0.15, -0.1) is 0 Å². The molecule has 1 unspecified atom stereocenters. The van der Waals surface area contributed by atoms with Gasteiger partial charge < -0.3 is 14.7 Å². The first-order valence-electron chi connectivity index (χ1n) is 6.67. The van der Waals surface area contributed by atoms with E-state index in [0.717, 1.165) is 19.5 Å². The van der Waals surface area contributed by atoms with Crippen molar-refractivity contribution in [2.75, 3.05) is 27.2 Å². The Labute approximate surface area is 118 Å². The minimum Gasteiger partial charge on any atom is -0.478 e. The van der Waals surface area contributed by atoms with Crippen molar-refractivity contribution in [2.45, 2.75) is 12.6 Å². The lowest BCUT2D eigenvalue weighted by Crippen LogP contribution is -2.37. The second kappa shape index (κ2) is 6.54. The first-order valence-corrected chi connectivity index (χ1v) is 6.67. The van der Waals surface area contributed by atoms with Crippen LogP contribution in [0, 0.1) is 0 Å². The highest BCUT2D eigenvalue weighted by atomic mass is 16.5. The molecule has 20 heavy (non-hydrogen) atoms. The molecular weight excluding hydrogens is 256 g/mol. The Hall–Kier alpha value is -1.85. The van der Waals surface area contributed by atoms with Crippen LogP contribution in [0.25, 0.3) is 5.57 Å². The Morgan fingerprint density at radius 3 is 2.85 bits per heavy atom. The molecule has 1 aliphatic heterocycles. The van der Waals surface area contributed by atoms with Crippen LogP contribution in [0.3, 0.4) is 0 Å². The van der Waals surface area contributed by atoms with Gasteiger partial charge in [0.15, 0.2) is 6.23 Å². The first-order chi connectivity index (χ1) is 9.58. The molecule has 108 valence electrons. The van der Waals surface area contributed by atoms with Gasteiger partial charge in [0, 0.05) is 12.1 Å². The molecule has 0 bridgehead atoms. The van der Waals surface area contributed by atoms with Gasteiger partial charge >= 0.3 is 5.97 Å². The Morgan fingerprint density at radius 2 is 2.15 bits per heavy atom. The molecule has 1 heterocycles. The van der Waals surface area contributed by atoms with Crippen molar-refractivity contribution >= 4 is 11.5 Å². The van der Waals surface area contributed by atoms with E-state index >= 15 is 0 Å². The van der Waals surface area contributed by atoms with Crippen LogP contribution in [0.1, 0.15) is 12.0 Å². The zero-order chi connectivity index (χ0) is 14.5. The van der Waals surface area contributed by atoms with Gasteiger partial charge in [0.2, 0.25) is 0 Å². The molecule has 0 fully saturated rings. The number of hydrogen-bond donors (Lipinski definition) is 2. The smallest absolute Gasteiger partial charge is 0.336 e. The molecule has 0 saturated carbocycles. The third kappa shape index (κ3) is 3.59. The average molecular weight is 276 g/mol. The molecule has 0 saturated heterocycles. The largest absolute Gasteiger partial charge is 0.478 e. The third-order valence-corrected chi connectivity index (χ3v) is 3.11. The Kier molecular flexibility index (Phi) is 4.76. The summed E-state index contributed by atoms with van der Waals surface area (Å²) in [6.45, 7) is 1.75. The van der Waals surface area contributed by atoms with Gasteiger partial charge in [-0.2, -0.15) is 0 Å². The van der Waals surface area contributed by atoms with Crippen LogP contribution in [0.2, 0.25) is 0 Å².